The van der Waals surface area contributed by atoms with Gasteiger partial charge in [0.2, 0.25) is 0 Å². The number of hydrogen-bond acceptors (Lipinski definition) is 1. The Balaban J connectivity index is 1.92. The van der Waals surface area contributed by atoms with Crippen molar-refractivity contribution in [3.05, 3.63) is 41.5 Å². The lowest BCUT2D eigenvalue weighted by molar-refractivity contribution is -0.137. The Bertz CT molecular complexity index is 515. The van der Waals surface area contributed by atoms with Crippen molar-refractivity contribution in [1.82, 2.24) is 4.90 Å². The summed E-state index contributed by atoms with van der Waals surface area (Å²) in [6.45, 7) is 0.995. The van der Waals surface area contributed by atoms with Gasteiger partial charge in [0.1, 0.15) is 0 Å². The van der Waals surface area contributed by atoms with Gasteiger partial charge in [0.05, 0.1) is 5.56 Å². The molecule has 0 radical (unpaired) electrons. The first-order valence-electron chi connectivity index (χ1n) is 6.69. The number of likely N-dealkylation sites (tertiary alicyclic amines) is 1. The number of amides is 1. The van der Waals surface area contributed by atoms with E-state index in [1.807, 2.05) is 6.08 Å². The van der Waals surface area contributed by atoms with Crippen molar-refractivity contribution in [2.24, 2.45) is 5.92 Å². The molecule has 1 saturated heterocycles. The van der Waals surface area contributed by atoms with Crippen molar-refractivity contribution >= 4 is 12.2 Å². The molecule has 1 heterocycles. The van der Waals surface area contributed by atoms with E-state index in [9.17, 15) is 18.0 Å². The molecule has 0 atom stereocenters. The fourth-order valence-corrected chi connectivity index (χ4v) is 2.31. The molecule has 1 amide bonds. The van der Waals surface area contributed by atoms with Gasteiger partial charge in [-0.25, -0.2) is 4.79 Å². The number of piperidine rings is 1. The molecule has 3 nitrogen and oxygen atoms in total. The zero-order valence-corrected chi connectivity index (χ0v) is 11.3. The van der Waals surface area contributed by atoms with Crippen LogP contribution in [0.1, 0.15) is 24.0 Å². The molecule has 0 unspecified atom stereocenters. The van der Waals surface area contributed by atoms with Crippen LogP contribution < -0.4 is 0 Å². The van der Waals surface area contributed by atoms with E-state index in [1.165, 1.54) is 17.0 Å². The summed E-state index contributed by atoms with van der Waals surface area (Å²) in [6.07, 6.45) is 0.00195. The highest BCUT2D eigenvalue weighted by Crippen LogP contribution is 2.29. The molecular formula is C15H16F3NO2. The molecule has 114 valence electrons. The van der Waals surface area contributed by atoms with Crippen molar-refractivity contribution in [3.63, 3.8) is 0 Å². The maximum atomic E-state index is 12.4. The first-order valence-corrected chi connectivity index (χ1v) is 6.69. The Kier molecular flexibility index (Phi) is 4.55. The Morgan fingerprint density at radius 2 is 1.76 bits per heavy atom. The van der Waals surface area contributed by atoms with Gasteiger partial charge in [0.15, 0.2) is 0 Å². The maximum Gasteiger partial charge on any atom is 0.416 e. The molecule has 21 heavy (non-hydrogen) atoms. The van der Waals surface area contributed by atoms with E-state index in [0.29, 0.717) is 18.7 Å². The lowest BCUT2D eigenvalue weighted by Crippen LogP contribution is -2.36. The van der Waals surface area contributed by atoms with Crippen LogP contribution in [0.15, 0.2) is 30.3 Å². The van der Waals surface area contributed by atoms with Crippen LogP contribution >= 0.6 is 0 Å². The van der Waals surface area contributed by atoms with Gasteiger partial charge < -0.3 is 10.0 Å². The van der Waals surface area contributed by atoms with E-state index in [0.717, 1.165) is 25.0 Å². The Morgan fingerprint density at radius 3 is 2.24 bits per heavy atom. The molecule has 1 aromatic carbocycles. The molecule has 1 fully saturated rings. The maximum absolute atomic E-state index is 12.4. The minimum absolute atomic E-state index is 0.267. The third kappa shape index (κ3) is 4.24. The molecule has 1 aliphatic heterocycles. The average Bonchev–Trinajstić information content (AvgIpc) is 2.45. The molecule has 1 N–H and O–H groups in total. The topological polar surface area (TPSA) is 40.5 Å². The van der Waals surface area contributed by atoms with E-state index >= 15 is 0 Å². The lowest BCUT2D eigenvalue weighted by atomic mass is 9.96. The summed E-state index contributed by atoms with van der Waals surface area (Å²) in [4.78, 5) is 12.1. The van der Waals surface area contributed by atoms with Crippen LogP contribution in [0.4, 0.5) is 18.0 Å². The van der Waals surface area contributed by atoms with Crippen LogP contribution in [-0.4, -0.2) is 29.2 Å². The van der Waals surface area contributed by atoms with Crippen molar-refractivity contribution in [2.45, 2.75) is 19.0 Å². The van der Waals surface area contributed by atoms with Crippen LogP contribution in [0.3, 0.4) is 0 Å². The summed E-state index contributed by atoms with van der Waals surface area (Å²) < 4.78 is 37.3. The second-order valence-electron chi connectivity index (χ2n) is 5.09. The van der Waals surface area contributed by atoms with Gasteiger partial charge in [0, 0.05) is 13.1 Å². The summed E-state index contributed by atoms with van der Waals surface area (Å²) in [7, 11) is 0. The molecule has 1 aromatic rings. The van der Waals surface area contributed by atoms with Crippen molar-refractivity contribution in [1.29, 1.82) is 0 Å². The number of benzene rings is 1. The van der Waals surface area contributed by atoms with Gasteiger partial charge in [-0.2, -0.15) is 13.2 Å². The third-order valence-corrected chi connectivity index (χ3v) is 3.61. The first-order chi connectivity index (χ1) is 9.86. The monoisotopic (exact) mass is 299 g/mol. The van der Waals surface area contributed by atoms with Crippen LogP contribution in [0.2, 0.25) is 0 Å². The van der Waals surface area contributed by atoms with E-state index in [-0.39, 0.29) is 5.92 Å². The fraction of sp³-hybridized carbons (Fsp3) is 0.400. The molecule has 0 saturated carbocycles. The molecule has 0 bridgehead atoms. The van der Waals surface area contributed by atoms with Gasteiger partial charge in [-0.3, -0.25) is 0 Å². The normalized spacial score (nSPS) is 17.4. The van der Waals surface area contributed by atoms with Crippen molar-refractivity contribution in [3.8, 4) is 0 Å². The average molecular weight is 299 g/mol. The van der Waals surface area contributed by atoms with Crippen molar-refractivity contribution < 1.29 is 23.1 Å². The van der Waals surface area contributed by atoms with Gasteiger partial charge in [-0.05, 0) is 36.5 Å². The van der Waals surface area contributed by atoms with E-state index < -0.39 is 17.8 Å². The standard InChI is InChI=1S/C15H16F3NO2/c16-15(17,18)13-5-3-11(4-6-13)1-2-12-7-9-19(10-8-12)14(20)21/h1-6,12H,7-10H2,(H,20,21)/b2-1+. The van der Waals surface area contributed by atoms with E-state index in [2.05, 4.69) is 0 Å². The number of halogens is 3. The number of alkyl halides is 3. The highest BCUT2D eigenvalue weighted by Gasteiger charge is 2.29. The lowest BCUT2D eigenvalue weighted by Gasteiger charge is -2.28. The largest absolute Gasteiger partial charge is 0.465 e. The molecule has 0 aromatic heterocycles. The first kappa shape index (κ1) is 15.4. The molecular weight excluding hydrogens is 283 g/mol. The second-order valence-corrected chi connectivity index (χ2v) is 5.09. The molecule has 1 aliphatic rings. The summed E-state index contributed by atoms with van der Waals surface area (Å²) in [6, 6.07) is 5.00. The summed E-state index contributed by atoms with van der Waals surface area (Å²) >= 11 is 0. The van der Waals surface area contributed by atoms with Gasteiger partial charge in [-0.1, -0.05) is 24.3 Å². The highest BCUT2D eigenvalue weighted by molar-refractivity contribution is 5.65. The quantitative estimate of drug-likeness (QED) is 0.892. The molecule has 0 spiro atoms. The van der Waals surface area contributed by atoms with Crippen molar-refractivity contribution in [2.75, 3.05) is 13.1 Å². The number of hydrogen-bond donors (Lipinski definition) is 1. The zero-order valence-electron chi connectivity index (χ0n) is 11.3. The summed E-state index contributed by atoms with van der Waals surface area (Å²) in [5, 5.41) is 8.84. The van der Waals surface area contributed by atoms with E-state index in [4.69, 9.17) is 5.11 Å². The van der Waals surface area contributed by atoms with Crippen LogP contribution in [0, 0.1) is 5.92 Å². The number of rotatable bonds is 2. The Labute approximate surface area is 120 Å². The summed E-state index contributed by atoms with van der Waals surface area (Å²) in [5.41, 5.74) is 0.0538. The zero-order chi connectivity index (χ0) is 15.5. The highest BCUT2D eigenvalue weighted by atomic mass is 19.4. The van der Waals surface area contributed by atoms with Gasteiger partial charge in [-0.15, -0.1) is 0 Å². The number of allylic oxidation sites excluding steroid dienone is 1. The Hall–Kier alpha value is -1.98. The SMILES string of the molecule is O=C(O)N1CCC(/C=C/c2ccc(C(F)(F)F)cc2)CC1. The van der Waals surface area contributed by atoms with Gasteiger partial charge >= 0.3 is 12.3 Å². The molecule has 0 aliphatic carbocycles. The number of nitrogens with zero attached hydrogens (tertiary/aromatic N) is 1. The van der Waals surface area contributed by atoms with Crippen LogP contribution in [-0.2, 0) is 6.18 Å². The predicted molar refractivity (Wildman–Crippen MR) is 72.8 cm³/mol. The minimum atomic E-state index is -4.31. The third-order valence-electron chi connectivity index (χ3n) is 3.61. The minimum Gasteiger partial charge on any atom is -0.465 e. The smallest absolute Gasteiger partial charge is 0.416 e. The summed E-state index contributed by atoms with van der Waals surface area (Å²) in [5.74, 6) is 0.267. The second kappa shape index (κ2) is 6.20. The molecule has 2 rings (SSSR count). The number of carbonyl (C=O) groups is 1. The predicted octanol–water partition coefficient (Wildman–Crippen LogP) is 4.11. The van der Waals surface area contributed by atoms with Gasteiger partial charge in [0.25, 0.3) is 0 Å². The van der Waals surface area contributed by atoms with Crippen LogP contribution in [0.5, 0.6) is 0 Å². The fourth-order valence-electron chi connectivity index (χ4n) is 2.31. The Morgan fingerprint density at radius 1 is 1.19 bits per heavy atom. The molecule has 6 heteroatoms. The van der Waals surface area contributed by atoms with Crippen LogP contribution in [0.25, 0.3) is 6.08 Å². The van der Waals surface area contributed by atoms with E-state index in [1.54, 1.807) is 6.08 Å². The number of carboxylic acid groups (broad SMARTS) is 1.